The Kier molecular flexibility index (Phi) is 3.35. The van der Waals surface area contributed by atoms with Crippen LogP contribution in [0, 0.1) is 12.7 Å². The molecule has 2 nitrogen and oxygen atoms in total. The molecule has 1 aromatic carbocycles. The van der Waals surface area contributed by atoms with E-state index in [0.717, 1.165) is 5.56 Å². The number of hydrogen-bond donors (Lipinski definition) is 0. The Balaban J connectivity index is 2.54. The van der Waals surface area contributed by atoms with Gasteiger partial charge in [0.25, 0.3) is 0 Å². The SMILES string of the molecule is Cc1nc(C(C)(C)c2ccccc2)nc(Cl)c1F. The Morgan fingerprint density at radius 1 is 1.11 bits per heavy atom. The van der Waals surface area contributed by atoms with Gasteiger partial charge in [0.15, 0.2) is 11.0 Å². The van der Waals surface area contributed by atoms with Gasteiger partial charge in [-0.05, 0) is 26.3 Å². The topological polar surface area (TPSA) is 25.8 Å². The summed E-state index contributed by atoms with van der Waals surface area (Å²) in [4.78, 5) is 8.27. The Morgan fingerprint density at radius 2 is 1.72 bits per heavy atom. The average molecular weight is 265 g/mol. The van der Waals surface area contributed by atoms with Crippen molar-refractivity contribution in [3.8, 4) is 0 Å². The highest BCUT2D eigenvalue weighted by molar-refractivity contribution is 6.29. The summed E-state index contributed by atoms with van der Waals surface area (Å²) in [5.74, 6) is -0.0260. The fourth-order valence-electron chi connectivity index (χ4n) is 1.79. The monoisotopic (exact) mass is 264 g/mol. The summed E-state index contributed by atoms with van der Waals surface area (Å²) >= 11 is 5.79. The van der Waals surface area contributed by atoms with E-state index < -0.39 is 11.2 Å². The number of aromatic nitrogens is 2. The van der Waals surface area contributed by atoms with Crippen LogP contribution in [0.4, 0.5) is 4.39 Å². The lowest BCUT2D eigenvalue weighted by Gasteiger charge is -2.24. The highest BCUT2D eigenvalue weighted by atomic mass is 35.5. The number of halogens is 2. The zero-order valence-electron chi connectivity index (χ0n) is 10.5. The van der Waals surface area contributed by atoms with Crippen molar-refractivity contribution in [2.45, 2.75) is 26.2 Å². The molecule has 1 aromatic heterocycles. The first-order valence-electron chi connectivity index (χ1n) is 5.68. The predicted molar refractivity (Wildman–Crippen MR) is 70.3 cm³/mol. The van der Waals surface area contributed by atoms with Crippen LogP contribution in [-0.4, -0.2) is 9.97 Å². The average Bonchev–Trinajstić information content (AvgIpc) is 2.36. The van der Waals surface area contributed by atoms with Crippen molar-refractivity contribution in [3.05, 3.63) is 58.4 Å². The summed E-state index contributed by atoms with van der Waals surface area (Å²) < 4.78 is 13.4. The number of aryl methyl sites for hydroxylation is 1. The molecule has 18 heavy (non-hydrogen) atoms. The molecule has 0 atom stereocenters. The number of rotatable bonds is 2. The minimum atomic E-state index is -0.552. The maximum absolute atomic E-state index is 13.4. The smallest absolute Gasteiger partial charge is 0.181 e. The largest absolute Gasteiger partial charge is 0.234 e. The van der Waals surface area contributed by atoms with Gasteiger partial charge in [-0.15, -0.1) is 0 Å². The van der Waals surface area contributed by atoms with Crippen LogP contribution in [0.5, 0.6) is 0 Å². The summed E-state index contributed by atoms with van der Waals surface area (Å²) in [7, 11) is 0. The molecular weight excluding hydrogens is 251 g/mol. The van der Waals surface area contributed by atoms with Gasteiger partial charge in [0.2, 0.25) is 0 Å². The maximum atomic E-state index is 13.4. The van der Waals surface area contributed by atoms with Gasteiger partial charge < -0.3 is 0 Å². The van der Waals surface area contributed by atoms with Gasteiger partial charge in [-0.1, -0.05) is 41.9 Å². The Hall–Kier alpha value is -1.48. The molecule has 0 saturated heterocycles. The van der Waals surface area contributed by atoms with Crippen molar-refractivity contribution in [2.75, 3.05) is 0 Å². The molecule has 0 radical (unpaired) electrons. The van der Waals surface area contributed by atoms with Gasteiger partial charge in [0.1, 0.15) is 5.82 Å². The van der Waals surface area contributed by atoms with E-state index in [-0.39, 0.29) is 10.8 Å². The standard InChI is InChI=1S/C14H14ClFN2/c1-9-11(16)12(15)18-13(17-9)14(2,3)10-7-5-4-6-8-10/h4-8H,1-3H3. The maximum Gasteiger partial charge on any atom is 0.181 e. The van der Waals surface area contributed by atoms with Crippen LogP contribution in [0.1, 0.15) is 30.9 Å². The van der Waals surface area contributed by atoms with Crippen molar-refractivity contribution < 1.29 is 4.39 Å². The lowest BCUT2D eigenvalue weighted by molar-refractivity contribution is 0.553. The number of benzene rings is 1. The van der Waals surface area contributed by atoms with Gasteiger partial charge >= 0.3 is 0 Å². The van der Waals surface area contributed by atoms with E-state index in [2.05, 4.69) is 9.97 Å². The Labute approximate surface area is 111 Å². The zero-order chi connectivity index (χ0) is 13.3. The molecule has 2 rings (SSSR count). The molecule has 0 saturated carbocycles. The summed E-state index contributed by atoms with van der Waals surface area (Å²) in [5, 5.41) is -0.124. The van der Waals surface area contributed by atoms with E-state index >= 15 is 0 Å². The van der Waals surface area contributed by atoms with Gasteiger partial charge in [-0.2, -0.15) is 0 Å². The molecular formula is C14H14ClFN2. The van der Waals surface area contributed by atoms with Crippen molar-refractivity contribution in [1.82, 2.24) is 9.97 Å². The molecule has 0 aliphatic heterocycles. The predicted octanol–water partition coefficient (Wildman–Crippen LogP) is 3.90. The van der Waals surface area contributed by atoms with Crippen LogP contribution in [-0.2, 0) is 5.41 Å². The summed E-state index contributed by atoms with van der Waals surface area (Å²) in [6.07, 6.45) is 0. The molecule has 2 aromatic rings. The summed E-state index contributed by atoms with van der Waals surface area (Å²) in [6, 6.07) is 9.85. The first-order chi connectivity index (χ1) is 8.43. The van der Waals surface area contributed by atoms with Crippen LogP contribution in [0.3, 0.4) is 0 Å². The third-order valence-corrected chi connectivity index (χ3v) is 3.28. The second-order valence-corrected chi connectivity index (χ2v) is 5.09. The molecule has 0 bridgehead atoms. The third kappa shape index (κ3) is 2.23. The Bertz CT molecular complexity index is 544. The van der Waals surface area contributed by atoms with Crippen LogP contribution in [0.2, 0.25) is 5.15 Å². The van der Waals surface area contributed by atoms with E-state index in [4.69, 9.17) is 11.6 Å². The second kappa shape index (κ2) is 4.65. The summed E-state index contributed by atoms with van der Waals surface area (Å²) in [5.41, 5.74) is 0.921. The first kappa shape index (κ1) is 13.0. The quantitative estimate of drug-likeness (QED) is 0.769. The van der Waals surface area contributed by atoms with E-state index in [0.29, 0.717) is 5.82 Å². The van der Waals surface area contributed by atoms with E-state index in [1.807, 2.05) is 44.2 Å². The minimum Gasteiger partial charge on any atom is -0.234 e. The van der Waals surface area contributed by atoms with Crippen LogP contribution < -0.4 is 0 Å². The van der Waals surface area contributed by atoms with E-state index in [9.17, 15) is 4.39 Å². The molecule has 0 N–H and O–H groups in total. The fourth-order valence-corrected chi connectivity index (χ4v) is 2.00. The minimum absolute atomic E-state index is 0.124. The molecule has 4 heteroatoms. The lowest BCUT2D eigenvalue weighted by atomic mass is 9.84. The first-order valence-corrected chi connectivity index (χ1v) is 6.06. The van der Waals surface area contributed by atoms with Crippen molar-refractivity contribution in [2.24, 2.45) is 0 Å². The van der Waals surface area contributed by atoms with Crippen LogP contribution in [0.25, 0.3) is 0 Å². The van der Waals surface area contributed by atoms with Gasteiger partial charge in [-0.3, -0.25) is 0 Å². The molecule has 94 valence electrons. The van der Waals surface area contributed by atoms with Crippen LogP contribution >= 0.6 is 11.6 Å². The van der Waals surface area contributed by atoms with E-state index in [1.165, 1.54) is 0 Å². The van der Waals surface area contributed by atoms with Crippen molar-refractivity contribution >= 4 is 11.6 Å². The number of hydrogen-bond acceptors (Lipinski definition) is 2. The highest BCUT2D eigenvalue weighted by Crippen LogP contribution is 2.30. The molecule has 0 unspecified atom stereocenters. The molecule has 0 fully saturated rings. The molecule has 0 spiro atoms. The molecule has 0 aliphatic rings. The van der Waals surface area contributed by atoms with Gasteiger partial charge in [0.05, 0.1) is 5.69 Å². The molecule has 1 heterocycles. The number of nitrogens with zero attached hydrogens (tertiary/aromatic N) is 2. The summed E-state index contributed by atoms with van der Waals surface area (Å²) in [6.45, 7) is 5.57. The van der Waals surface area contributed by atoms with Gasteiger partial charge in [-0.25, -0.2) is 14.4 Å². The third-order valence-electron chi connectivity index (χ3n) is 3.03. The Morgan fingerprint density at radius 3 is 2.28 bits per heavy atom. The highest BCUT2D eigenvalue weighted by Gasteiger charge is 2.27. The van der Waals surface area contributed by atoms with Crippen LogP contribution in [0.15, 0.2) is 30.3 Å². The zero-order valence-corrected chi connectivity index (χ0v) is 11.3. The fraction of sp³-hybridized carbons (Fsp3) is 0.286. The normalized spacial score (nSPS) is 11.6. The van der Waals surface area contributed by atoms with Crippen molar-refractivity contribution in [3.63, 3.8) is 0 Å². The van der Waals surface area contributed by atoms with Crippen molar-refractivity contribution in [1.29, 1.82) is 0 Å². The molecule has 0 aliphatic carbocycles. The second-order valence-electron chi connectivity index (χ2n) is 4.73. The molecule has 0 amide bonds. The lowest BCUT2D eigenvalue weighted by Crippen LogP contribution is -2.23. The van der Waals surface area contributed by atoms with E-state index in [1.54, 1.807) is 6.92 Å². The van der Waals surface area contributed by atoms with Gasteiger partial charge in [0, 0.05) is 5.41 Å².